The van der Waals surface area contributed by atoms with Crippen LogP contribution in [0.1, 0.15) is 158 Å². The van der Waals surface area contributed by atoms with Crippen LogP contribution in [-0.4, -0.2) is 136 Å². The van der Waals surface area contributed by atoms with Gasteiger partial charge in [0.25, 0.3) is 5.56 Å². The van der Waals surface area contributed by atoms with Gasteiger partial charge in [-0.2, -0.15) is 4.98 Å². The molecule has 438 valence electrons. The largest absolute Gasteiger partial charge is 0.412 e. The number of piperidine rings is 1. The third-order valence-corrected chi connectivity index (χ3v) is 25.5. The van der Waals surface area contributed by atoms with E-state index in [4.69, 9.17) is 19.5 Å². The maximum absolute atomic E-state index is 15.5. The third-order valence-electron chi connectivity index (χ3n) is 19.3. The first-order valence-corrected chi connectivity index (χ1v) is 34.6. The van der Waals surface area contributed by atoms with Crippen LogP contribution in [0.15, 0.2) is 81.6 Å². The molecule has 82 heavy (non-hydrogen) atoms. The molecule has 3 aromatic heterocycles. The summed E-state index contributed by atoms with van der Waals surface area (Å²) in [5, 5.41) is 13.7. The molecule has 0 radical (unpaired) electrons. The molecule has 0 unspecified atom stereocenters. The molecule has 4 aliphatic heterocycles. The van der Waals surface area contributed by atoms with Gasteiger partial charge < -0.3 is 24.3 Å². The molecular formula is C64H85BrN10O5SSi. The van der Waals surface area contributed by atoms with Crippen molar-refractivity contribution in [2.45, 2.75) is 167 Å². The molecule has 2 amide bonds. The highest BCUT2D eigenvalue weighted by molar-refractivity contribution is 9.10. The molecule has 6 aromatic rings. The lowest BCUT2D eigenvalue weighted by molar-refractivity contribution is -0.144. The molecule has 0 spiro atoms. The van der Waals surface area contributed by atoms with Crippen LogP contribution in [-0.2, 0) is 24.2 Å². The standard InChI is InChI=1S/C64H85BrN10O5SSi/c1-40-56(81-39-66-40)45-21-19-43(20-22-45)50(37-72-29-31-79-32-30-72)67-58(76)54-34-47(80-82(10,11)63(5,6)7)36-73(54)60(78)57(62(2,3)4)74-38-51(69-70-74)44-17-15-41(16-18-44)35-71-27-25-42(26-28-71)46-23-24-48-53(33-46)75-52-14-12-13-49(65)55(52)59(77)68-61(75)64(48,8)9/h12-14,19-24,33,38-39,41-42,44,47,50,54,57H,15-18,25-32,34-37H2,1-11H3,(H,67,76)/t41?,44?,47-,50+,54+,57-/m1/s1. The number of aryl methyl sites for hydroxylation is 1. The van der Waals surface area contributed by atoms with Crippen LogP contribution in [0.4, 0.5) is 0 Å². The summed E-state index contributed by atoms with van der Waals surface area (Å²) in [7, 11) is -2.28. The topological polar surface area (TPSA) is 153 Å². The number of benzene rings is 3. The van der Waals surface area contributed by atoms with Gasteiger partial charge in [-0.05, 0) is 164 Å². The first kappa shape index (κ1) is 58.8. The van der Waals surface area contributed by atoms with Gasteiger partial charge in [0.15, 0.2) is 8.32 Å². The van der Waals surface area contributed by atoms with Crippen molar-refractivity contribution >= 4 is 58.3 Å². The number of halogens is 1. The molecule has 4 fully saturated rings. The fourth-order valence-corrected chi connectivity index (χ4v) is 16.3. The Morgan fingerprint density at radius 1 is 0.915 bits per heavy atom. The molecule has 18 heteroatoms. The number of likely N-dealkylation sites (tertiary alicyclic amines) is 2. The Morgan fingerprint density at radius 3 is 2.30 bits per heavy atom. The highest BCUT2D eigenvalue weighted by atomic mass is 79.9. The molecule has 0 bridgehead atoms. The highest BCUT2D eigenvalue weighted by Crippen LogP contribution is 2.46. The number of hydrogen-bond acceptors (Lipinski definition) is 12. The van der Waals surface area contributed by atoms with Gasteiger partial charge in [-0.3, -0.25) is 23.9 Å². The Kier molecular flexibility index (Phi) is 16.6. The summed E-state index contributed by atoms with van der Waals surface area (Å²) in [6, 6.07) is 19.7. The SMILES string of the molecule is Cc1ncsc1-c1ccc([C@H](CN2CCOCC2)NC(=O)[C@@H]2C[C@@H](O[Si](C)(C)C(C)(C)C)CN2C(=O)[C@@H](n2cc(C3CCC(CN4CCC(c5ccc6c(c5)-n5c(nc(=O)c7c(Br)cccc75)C6(C)C)CC4)CC3)nn2)C(C)(C)C)cc1. The van der Waals surface area contributed by atoms with Crippen LogP contribution < -0.4 is 10.9 Å². The minimum absolute atomic E-state index is 0.0489. The average molecular weight is 1210 g/mol. The quantitative estimate of drug-likeness (QED) is 0.104. The molecule has 3 saturated heterocycles. The second kappa shape index (κ2) is 23.1. The van der Waals surface area contributed by atoms with Crippen molar-refractivity contribution in [2.75, 3.05) is 59.0 Å². The van der Waals surface area contributed by atoms with E-state index in [0.29, 0.717) is 49.9 Å². The minimum atomic E-state index is -2.28. The number of aromatic nitrogens is 6. The van der Waals surface area contributed by atoms with E-state index in [1.807, 2.05) is 41.7 Å². The van der Waals surface area contributed by atoms with Crippen molar-refractivity contribution < 1.29 is 18.8 Å². The van der Waals surface area contributed by atoms with E-state index in [9.17, 15) is 4.79 Å². The van der Waals surface area contributed by atoms with E-state index in [1.54, 1.807) is 16.0 Å². The highest BCUT2D eigenvalue weighted by Gasteiger charge is 2.49. The summed E-state index contributed by atoms with van der Waals surface area (Å²) >= 11 is 5.26. The molecule has 1 saturated carbocycles. The van der Waals surface area contributed by atoms with Gasteiger partial charge in [0, 0.05) is 55.7 Å². The number of carbonyl (C=O) groups is 2. The van der Waals surface area contributed by atoms with E-state index in [2.05, 4.69) is 157 Å². The number of amides is 2. The maximum atomic E-state index is 15.5. The van der Waals surface area contributed by atoms with Crippen molar-refractivity contribution in [3.05, 3.63) is 121 Å². The number of nitrogens with zero attached hydrogens (tertiary/aromatic N) is 9. The van der Waals surface area contributed by atoms with Crippen LogP contribution in [0, 0.1) is 18.3 Å². The predicted molar refractivity (Wildman–Crippen MR) is 331 cm³/mol. The van der Waals surface area contributed by atoms with Gasteiger partial charge >= 0.3 is 0 Å². The van der Waals surface area contributed by atoms with E-state index in [0.717, 1.165) is 120 Å². The number of rotatable bonds is 14. The van der Waals surface area contributed by atoms with Gasteiger partial charge in [-0.25, -0.2) is 9.67 Å². The fourth-order valence-electron chi connectivity index (χ4n) is 13.6. The van der Waals surface area contributed by atoms with Gasteiger partial charge in [-0.1, -0.05) is 89.2 Å². The fraction of sp³-hybridized carbons (Fsp3) is 0.578. The Hall–Kier alpha value is -4.95. The van der Waals surface area contributed by atoms with E-state index >= 15 is 9.59 Å². The summed E-state index contributed by atoms with van der Waals surface area (Å²) < 4.78 is 17.6. The van der Waals surface area contributed by atoms with Crippen LogP contribution in [0.2, 0.25) is 18.1 Å². The lowest BCUT2D eigenvalue weighted by Crippen LogP contribution is -2.52. The molecule has 11 rings (SSSR count). The van der Waals surface area contributed by atoms with Crippen LogP contribution >= 0.6 is 27.3 Å². The second-order valence-electron chi connectivity index (χ2n) is 27.4. The number of nitrogens with one attached hydrogen (secondary N) is 1. The summed E-state index contributed by atoms with van der Waals surface area (Å²) in [4.78, 5) is 61.1. The average Bonchev–Trinajstić information content (AvgIpc) is 2.18. The number of fused-ring (bicyclic) bond motifs is 5. The zero-order chi connectivity index (χ0) is 58.0. The van der Waals surface area contributed by atoms with Crippen molar-refractivity contribution in [3.63, 3.8) is 0 Å². The smallest absolute Gasteiger partial charge is 0.281 e. The number of morpholine rings is 1. The normalized spacial score (nSPS) is 22.8. The summed E-state index contributed by atoms with van der Waals surface area (Å²) in [6.45, 7) is 30.9. The van der Waals surface area contributed by atoms with Gasteiger partial charge in [0.1, 0.15) is 17.9 Å². The van der Waals surface area contributed by atoms with Crippen molar-refractivity contribution in [1.82, 2.24) is 49.5 Å². The number of thiazole rings is 1. The van der Waals surface area contributed by atoms with Crippen LogP contribution in [0.25, 0.3) is 27.0 Å². The Bertz CT molecular complexity index is 3360. The first-order valence-electron chi connectivity index (χ1n) is 30.0. The minimum Gasteiger partial charge on any atom is -0.412 e. The Balaban J connectivity index is 0.751. The zero-order valence-corrected chi connectivity index (χ0v) is 53.5. The molecule has 3 aromatic carbocycles. The number of carbonyl (C=O) groups excluding carboxylic acids is 2. The second-order valence-corrected chi connectivity index (χ2v) is 33.9. The van der Waals surface area contributed by atoms with E-state index in [1.165, 1.54) is 11.1 Å². The molecule has 15 nitrogen and oxygen atoms in total. The Labute approximate surface area is 498 Å². The van der Waals surface area contributed by atoms with Gasteiger partial charge in [-0.15, -0.1) is 16.4 Å². The molecule has 1 N–H and O–H groups in total. The van der Waals surface area contributed by atoms with Gasteiger partial charge in [0.05, 0.1) is 69.1 Å². The molecule has 7 heterocycles. The molecule has 4 atom stereocenters. The first-order chi connectivity index (χ1) is 38.9. The maximum Gasteiger partial charge on any atom is 0.281 e. The number of hydrogen-bond donors (Lipinski definition) is 1. The molecule has 5 aliphatic rings. The number of ether oxygens (including phenoxy) is 1. The van der Waals surface area contributed by atoms with Crippen molar-refractivity contribution in [3.8, 4) is 16.1 Å². The van der Waals surface area contributed by atoms with Crippen molar-refractivity contribution in [2.24, 2.45) is 11.3 Å². The van der Waals surface area contributed by atoms with E-state index in [-0.39, 0.29) is 45.9 Å². The monoisotopic (exact) mass is 1210 g/mol. The predicted octanol–water partition coefficient (Wildman–Crippen LogP) is 11.7. The lowest BCUT2D eigenvalue weighted by Gasteiger charge is -2.38. The van der Waals surface area contributed by atoms with Gasteiger partial charge in [0.2, 0.25) is 11.8 Å². The van der Waals surface area contributed by atoms with Crippen LogP contribution in [0.5, 0.6) is 0 Å². The van der Waals surface area contributed by atoms with Crippen molar-refractivity contribution in [1.29, 1.82) is 0 Å². The van der Waals surface area contributed by atoms with E-state index < -0.39 is 25.8 Å². The molecule has 1 aliphatic carbocycles. The summed E-state index contributed by atoms with van der Waals surface area (Å²) in [6.07, 6.45) is 8.71. The third kappa shape index (κ3) is 11.8. The summed E-state index contributed by atoms with van der Waals surface area (Å²) in [5.41, 5.74) is 9.43. The zero-order valence-electron chi connectivity index (χ0n) is 50.1. The summed E-state index contributed by atoms with van der Waals surface area (Å²) in [5.74, 6) is 1.86. The lowest BCUT2D eigenvalue weighted by atomic mass is 9.80. The Morgan fingerprint density at radius 2 is 1.63 bits per heavy atom. The molecular weight excluding hydrogens is 1130 g/mol. The van der Waals surface area contributed by atoms with Crippen LogP contribution in [0.3, 0.4) is 0 Å².